The predicted molar refractivity (Wildman–Crippen MR) is 127 cm³/mol. The zero-order valence-corrected chi connectivity index (χ0v) is 20.9. The van der Waals surface area contributed by atoms with Gasteiger partial charge in [-0.15, -0.1) is 0 Å². The third-order valence-electron chi connectivity index (χ3n) is 10.7. The highest BCUT2D eigenvalue weighted by atomic mass is 16.3. The minimum absolute atomic E-state index is 0.0227. The van der Waals surface area contributed by atoms with Gasteiger partial charge < -0.3 is 15.3 Å². The lowest BCUT2D eigenvalue weighted by Gasteiger charge is -2.63. The van der Waals surface area contributed by atoms with Crippen molar-refractivity contribution in [3.8, 4) is 0 Å². The summed E-state index contributed by atoms with van der Waals surface area (Å²) in [5, 5.41) is 33.9. The third kappa shape index (κ3) is 3.15. The Hall–Kier alpha value is -0.970. The summed E-state index contributed by atoms with van der Waals surface area (Å²) in [5.74, 6) is 2.01. The molecule has 4 nitrogen and oxygen atoms in total. The van der Waals surface area contributed by atoms with Gasteiger partial charge in [-0.3, -0.25) is 4.79 Å². The molecule has 3 fully saturated rings. The molecule has 0 aliphatic heterocycles. The van der Waals surface area contributed by atoms with Gasteiger partial charge in [-0.1, -0.05) is 53.7 Å². The summed E-state index contributed by atoms with van der Waals surface area (Å²) in [7, 11) is 0. The van der Waals surface area contributed by atoms with E-state index in [0.717, 1.165) is 24.8 Å². The fourth-order valence-corrected chi connectivity index (χ4v) is 7.91. The first-order valence-electron chi connectivity index (χ1n) is 12.9. The molecule has 0 radical (unpaired) electrons. The van der Waals surface area contributed by atoms with Crippen LogP contribution in [0.4, 0.5) is 0 Å². The summed E-state index contributed by atoms with van der Waals surface area (Å²) >= 11 is 0. The van der Waals surface area contributed by atoms with Crippen LogP contribution in [-0.4, -0.2) is 38.4 Å². The molecule has 3 saturated carbocycles. The normalized spacial score (nSPS) is 48.2. The Morgan fingerprint density at radius 1 is 0.969 bits per heavy atom. The molecule has 0 amide bonds. The maximum Gasteiger partial charge on any atom is 0.188 e. The molecule has 180 valence electrons. The lowest BCUT2D eigenvalue weighted by Crippen LogP contribution is -2.71. The summed E-state index contributed by atoms with van der Waals surface area (Å²) < 4.78 is 0. The molecule has 0 aromatic carbocycles. The van der Waals surface area contributed by atoms with Gasteiger partial charge in [-0.05, 0) is 85.2 Å². The standard InChI is InChI=1S/C28H44O4/c1-17(2)18(3)7-8-19(4)21-9-10-22-23-15-24(30)28(32)16-20(29)11-12-26(28,6)27(23,31)14-13-25(21,22)5/h7-8,15,17-22,29,31-32H,9-14,16H2,1-6H3/b8-7+/t18-,19+,20+,21+,22-,25+,26+,27-,28+/m0/s1. The summed E-state index contributed by atoms with van der Waals surface area (Å²) in [6.45, 7) is 13.4. The minimum Gasteiger partial charge on any atom is -0.393 e. The van der Waals surface area contributed by atoms with Crippen LogP contribution in [0.5, 0.6) is 0 Å². The zero-order valence-electron chi connectivity index (χ0n) is 20.9. The smallest absolute Gasteiger partial charge is 0.188 e. The molecular formula is C28H44O4. The molecule has 9 atom stereocenters. The highest BCUT2D eigenvalue weighted by molar-refractivity contribution is 6.00. The molecule has 0 unspecified atom stereocenters. The number of fused-ring (bicyclic) bond motifs is 5. The number of ketones is 1. The first-order valence-corrected chi connectivity index (χ1v) is 12.9. The molecule has 32 heavy (non-hydrogen) atoms. The van der Waals surface area contributed by atoms with Crippen molar-refractivity contribution in [2.45, 2.75) is 104 Å². The number of carbonyl (C=O) groups is 1. The minimum atomic E-state index is -1.68. The van der Waals surface area contributed by atoms with Crippen molar-refractivity contribution in [1.29, 1.82) is 0 Å². The largest absolute Gasteiger partial charge is 0.393 e. The predicted octanol–water partition coefficient (Wildman–Crippen LogP) is 4.82. The Balaban J connectivity index is 1.67. The van der Waals surface area contributed by atoms with E-state index >= 15 is 0 Å². The zero-order chi connectivity index (χ0) is 23.7. The molecular weight excluding hydrogens is 400 g/mol. The topological polar surface area (TPSA) is 77.8 Å². The molecule has 0 bridgehead atoms. The van der Waals surface area contributed by atoms with Crippen LogP contribution in [-0.2, 0) is 4.79 Å². The molecule has 0 aromatic rings. The van der Waals surface area contributed by atoms with Crippen molar-refractivity contribution >= 4 is 5.78 Å². The average Bonchev–Trinajstić information content (AvgIpc) is 3.07. The van der Waals surface area contributed by atoms with E-state index in [1.54, 1.807) is 6.08 Å². The van der Waals surface area contributed by atoms with Crippen molar-refractivity contribution in [3.05, 3.63) is 23.8 Å². The van der Waals surface area contributed by atoms with Gasteiger partial charge in [0.25, 0.3) is 0 Å². The van der Waals surface area contributed by atoms with Crippen LogP contribution in [0.25, 0.3) is 0 Å². The van der Waals surface area contributed by atoms with Gasteiger partial charge >= 0.3 is 0 Å². The Bertz CT molecular complexity index is 829. The number of rotatable bonds is 4. The number of aliphatic hydroxyl groups is 3. The monoisotopic (exact) mass is 444 g/mol. The molecule has 0 heterocycles. The van der Waals surface area contributed by atoms with Crippen LogP contribution in [0.1, 0.15) is 86.5 Å². The van der Waals surface area contributed by atoms with Crippen LogP contribution in [0.15, 0.2) is 23.8 Å². The Morgan fingerprint density at radius 3 is 2.31 bits per heavy atom. The molecule has 3 N–H and O–H groups in total. The summed E-state index contributed by atoms with van der Waals surface area (Å²) in [6.07, 6.45) is 10.2. The van der Waals surface area contributed by atoms with Crippen LogP contribution >= 0.6 is 0 Å². The first-order chi connectivity index (χ1) is 14.8. The van der Waals surface area contributed by atoms with Crippen LogP contribution in [0, 0.1) is 40.4 Å². The van der Waals surface area contributed by atoms with E-state index in [0.29, 0.717) is 42.9 Å². The number of allylic oxidation sites excluding steroid dienone is 2. The van der Waals surface area contributed by atoms with Crippen molar-refractivity contribution in [2.75, 3.05) is 0 Å². The number of hydrogen-bond donors (Lipinski definition) is 3. The first kappa shape index (κ1) is 24.2. The molecule has 0 saturated heterocycles. The summed E-state index contributed by atoms with van der Waals surface area (Å²) in [5.41, 5.74) is -2.90. The maximum absolute atomic E-state index is 13.3. The summed E-state index contributed by atoms with van der Waals surface area (Å²) in [4.78, 5) is 13.3. The molecule has 0 spiro atoms. The van der Waals surface area contributed by atoms with Crippen LogP contribution in [0.2, 0.25) is 0 Å². The van der Waals surface area contributed by atoms with Crippen molar-refractivity contribution in [2.24, 2.45) is 40.4 Å². The Kier molecular flexibility index (Phi) is 5.88. The number of carbonyl (C=O) groups excluding carboxylic acids is 1. The van der Waals surface area contributed by atoms with Crippen molar-refractivity contribution < 1.29 is 20.1 Å². The van der Waals surface area contributed by atoms with E-state index in [4.69, 9.17) is 0 Å². The van der Waals surface area contributed by atoms with E-state index in [1.165, 1.54) is 0 Å². The van der Waals surface area contributed by atoms with Gasteiger partial charge in [0.15, 0.2) is 5.78 Å². The summed E-state index contributed by atoms with van der Waals surface area (Å²) in [6, 6.07) is 0. The van der Waals surface area contributed by atoms with Gasteiger partial charge in [0.1, 0.15) is 5.60 Å². The van der Waals surface area contributed by atoms with Crippen molar-refractivity contribution in [3.63, 3.8) is 0 Å². The average molecular weight is 445 g/mol. The SMILES string of the molecule is CC(C)[C@@H](C)/C=C/[C@@H](C)[C@H]1CC[C@H]2C3=CC(=O)[C@]4(O)C[C@H](O)CC[C@]4(C)[C@]3(O)CC[C@]12C. The van der Waals surface area contributed by atoms with Crippen molar-refractivity contribution in [1.82, 2.24) is 0 Å². The van der Waals surface area contributed by atoms with Gasteiger partial charge in [0.05, 0.1) is 11.7 Å². The van der Waals surface area contributed by atoms with Gasteiger partial charge in [0, 0.05) is 11.8 Å². The molecule has 4 aliphatic rings. The fraction of sp³-hybridized carbons (Fsp3) is 0.821. The fourth-order valence-electron chi connectivity index (χ4n) is 7.91. The van der Waals surface area contributed by atoms with E-state index in [9.17, 15) is 20.1 Å². The van der Waals surface area contributed by atoms with Gasteiger partial charge in [-0.25, -0.2) is 0 Å². The lowest BCUT2D eigenvalue weighted by molar-refractivity contribution is -0.223. The van der Waals surface area contributed by atoms with E-state index < -0.39 is 22.7 Å². The molecule has 4 aliphatic carbocycles. The van der Waals surface area contributed by atoms with Crippen LogP contribution < -0.4 is 0 Å². The number of hydrogen-bond acceptors (Lipinski definition) is 4. The molecule has 4 heteroatoms. The Morgan fingerprint density at radius 2 is 1.66 bits per heavy atom. The highest BCUT2D eigenvalue weighted by Gasteiger charge is 2.71. The molecule has 4 rings (SSSR count). The maximum atomic E-state index is 13.3. The number of aliphatic hydroxyl groups excluding tert-OH is 1. The second-order valence-corrected chi connectivity index (χ2v) is 12.5. The van der Waals surface area contributed by atoms with Gasteiger partial charge in [-0.2, -0.15) is 0 Å². The molecule has 0 aromatic heterocycles. The Labute approximate surface area is 194 Å². The van der Waals surface area contributed by atoms with E-state index in [2.05, 4.69) is 46.8 Å². The van der Waals surface area contributed by atoms with Gasteiger partial charge in [0.2, 0.25) is 0 Å². The second kappa shape index (κ2) is 7.78. The second-order valence-electron chi connectivity index (χ2n) is 12.5. The third-order valence-corrected chi connectivity index (χ3v) is 10.7. The lowest BCUT2D eigenvalue weighted by atomic mass is 9.43. The quantitative estimate of drug-likeness (QED) is 0.543. The van der Waals surface area contributed by atoms with Crippen LogP contribution in [0.3, 0.4) is 0 Å². The van der Waals surface area contributed by atoms with E-state index in [1.807, 2.05) is 6.92 Å². The highest BCUT2D eigenvalue weighted by Crippen LogP contribution is 2.68. The van der Waals surface area contributed by atoms with E-state index in [-0.39, 0.29) is 23.5 Å².